The van der Waals surface area contributed by atoms with Crippen LogP contribution >= 0.6 is 0 Å². The van der Waals surface area contributed by atoms with Crippen LogP contribution in [-0.4, -0.2) is 24.8 Å². The molecule has 0 aromatic heterocycles. The van der Waals surface area contributed by atoms with Gasteiger partial charge < -0.3 is 10.2 Å². The van der Waals surface area contributed by atoms with Gasteiger partial charge in [0, 0.05) is 35.9 Å². The number of amides is 1. The molecule has 7 heteroatoms. The number of hydrogen-bond acceptors (Lipinski definition) is 3. The van der Waals surface area contributed by atoms with Crippen molar-refractivity contribution in [2.75, 3.05) is 23.3 Å². The largest absolute Gasteiger partial charge is 0.416 e. The summed E-state index contributed by atoms with van der Waals surface area (Å²) in [7, 11) is 0. The second-order valence-electron chi connectivity index (χ2n) is 10.4. The number of alkyl halides is 3. The van der Waals surface area contributed by atoms with Gasteiger partial charge in [-0.3, -0.25) is 9.59 Å². The number of carbonyl (C=O) groups is 2. The van der Waals surface area contributed by atoms with Gasteiger partial charge >= 0.3 is 6.18 Å². The van der Waals surface area contributed by atoms with Gasteiger partial charge in [0.2, 0.25) is 0 Å². The molecule has 0 radical (unpaired) electrons. The first-order valence-electron chi connectivity index (χ1n) is 13.7. The molecule has 5 rings (SSSR count). The van der Waals surface area contributed by atoms with Crippen molar-refractivity contribution in [3.8, 4) is 11.1 Å². The molecular formula is C34H31F3N2O2. The molecule has 4 aromatic rings. The van der Waals surface area contributed by atoms with E-state index in [1.807, 2.05) is 54.6 Å². The third-order valence-electron chi connectivity index (χ3n) is 7.77. The summed E-state index contributed by atoms with van der Waals surface area (Å²) in [5.74, 6) is 0.00324. The minimum atomic E-state index is -4.47. The maximum absolute atomic E-state index is 13.3. The van der Waals surface area contributed by atoms with Crippen LogP contribution < -0.4 is 10.2 Å². The van der Waals surface area contributed by atoms with Crippen LogP contribution in [0.3, 0.4) is 0 Å². The average molecular weight is 557 g/mol. The molecule has 1 amide bonds. The van der Waals surface area contributed by atoms with E-state index in [-0.39, 0.29) is 17.3 Å². The highest BCUT2D eigenvalue weighted by molar-refractivity contribution is 6.08. The number of nitrogens with one attached hydrogen (secondary N) is 1. The van der Waals surface area contributed by atoms with Crippen LogP contribution in [-0.2, 0) is 11.0 Å². The molecule has 1 unspecified atom stereocenters. The van der Waals surface area contributed by atoms with Crippen LogP contribution in [0.25, 0.3) is 11.1 Å². The number of rotatable bonds is 7. The number of carbonyl (C=O) groups excluding carboxylic acids is 2. The predicted octanol–water partition coefficient (Wildman–Crippen LogP) is 8.21. The number of hydrogen-bond donors (Lipinski definition) is 1. The SMILES string of the molecule is CC(=O)C(c1ccccc1)C1CCN(c2ccc(NC(=O)c3ccccc3-c3cccc(C(F)(F)F)c3)cc2)CC1. The van der Waals surface area contributed by atoms with Crippen molar-refractivity contribution in [1.29, 1.82) is 0 Å². The fraction of sp³-hybridized carbons (Fsp3) is 0.235. The Kier molecular flexibility index (Phi) is 8.24. The number of piperidine rings is 1. The Balaban J connectivity index is 1.25. The molecule has 4 nitrogen and oxygen atoms in total. The van der Waals surface area contributed by atoms with E-state index in [1.165, 1.54) is 6.07 Å². The number of halogens is 3. The third-order valence-corrected chi connectivity index (χ3v) is 7.77. The second kappa shape index (κ2) is 12.0. The van der Waals surface area contributed by atoms with Crippen molar-refractivity contribution >= 4 is 23.1 Å². The molecule has 1 aliphatic heterocycles. The highest BCUT2D eigenvalue weighted by Crippen LogP contribution is 2.36. The lowest BCUT2D eigenvalue weighted by Gasteiger charge is -2.36. The minimum Gasteiger partial charge on any atom is -0.372 e. The van der Waals surface area contributed by atoms with Gasteiger partial charge in [0.25, 0.3) is 5.91 Å². The number of benzene rings is 4. The summed E-state index contributed by atoms with van der Waals surface area (Å²) < 4.78 is 39.8. The summed E-state index contributed by atoms with van der Waals surface area (Å²) in [6.07, 6.45) is -2.66. The van der Waals surface area contributed by atoms with Crippen LogP contribution in [0.2, 0.25) is 0 Å². The zero-order chi connectivity index (χ0) is 29.0. The van der Waals surface area contributed by atoms with Gasteiger partial charge in [0.05, 0.1) is 5.56 Å². The molecule has 0 bridgehead atoms. The first-order valence-corrected chi connectivity index (χ1v) is 13.7. The summed E-state index contributed by atoms with van der Waals surface area (Å²) >= 11 is 0. The summed E-state index contributed by atoms with van der Waals surface area (Å²) in [6, 6.07) is 29.2. The lowest BCUT2D eigenvalue weighted by atomic mass is 9.78. The van der Waals surface area contributed by atoms with Gasteiger partial charge in [-0.15, -0.1) is 0 Å². The molecule has 0 spiro atoms. The summed E-state index contributed by atoms with van der Waals surface area (Å²) in [4.78, 5) is 27.9. The topological polar surface area (TPSA) is 49.4 Å². The normalized spacial score (nSPS) is 14.9. The molecule has 1 heterocycles. The van der Waals surface area contributed by atoms with Crippen LogP contribution in [0.4, 0.5) is 24.5 Å². The van der Waals surface area contributed by atoms with Gasteiger partial charge in [-0.1, -0.05) is 60.7 Å². The summed E-state index contributed by atoms with van der Waals surface area (Å²) in [6.45, 7) is 3.34. The number of nitrogens with zero attached hydrogens (tertiary/aromatic N) is 1. The Bertz CT molecular complexity index is 1510. The molecule has 4 aromatic carbocycles. The summed E-state index contributed by atoms with van der Waals surface area (Å²) in [5, 5.41) is 2.88. The standard InChI is InChI=1S/C34H31F3N2O2/c1-23(40)32(24-8-3-2-4-9-24)25-18-20-39(21-19-25)29-16-14-28(15-17-29)38-33(41)31-13-6-5-12-30(31)26-10-7-11-27(22-26)34(35,36)37/h2-17,22,25,32H,18-21H2,1H3,(H,38,41). The molecule has 1 atom stereocenters. The maximum atomic E-state index is 13.3. The Morgan fingerprint density at radius 2 is 1.49 bits per heavy atom. The zero-order valence-corrected chi connectivity index (χ0v) is 22.7. The fourth-order valence-corrected chi connectivity index (χ4v) is 5.74. The van der Waals surface area contributed by atoms with E-state index < -0.39 is 17.6 Å². The van der Waals surface area contributed by atoms with Gasteiger partial charge in [-0.2, -0.15) is 13.2 Å². The first kappa shape index (κ1) is 28.1. The lowest BCUT2D eigenvalue weighted by molar-refractivity contribution is -0.137. The van der Waals surface area contributed by atoms with Crippen LogP contribution in [0.5, 0.6) is 0 Å². The first-order chi connectivity index (χ1) is 19.7. The van der Waals surface area contributed by atoms with E-state index >= 15 is 0 Å². The van der Waals surface area contributed by atoms with Crippen molar-refractivity contribution in [2.24, 2.45) is 5.92 Å². The molecule has 1 aliphatic rings. The monoisotopic (exact) mass is 556 g/mol. The molecule has 0 saturated carbocycles. The van der Waals surface area contributed by atoms with E-state index in [4.69, 9.17) is 0 Å². The van der Waals surface area contributed by atoms with Crippen LogP contribution in [0.15, 0.2) is 103 Å². The smallest absolute Gasteiger partial charge is 0.372 e. The fourth-order valence-electron chi connectivity index (χ4n) is 5.74. The van der Waals surface area contributed by atoms with Gasteiger partial charge in [-0.05, 0) is 84.8 Å². The summed E-state index contributed by atoms with van der Waals surface area (Å²) in [5.41, 5.74) is 2.97. The van der Waals surface area contributed by atoms with Crippen molar-refractivity contribution in [1.82, 2.24) is 0 Å². The minimum absolute atomic E-state index is 0.0882. The van der Waals surface area contributed by atoms with Crippen molar-refractivity contribution in [3.63, 3.8) is 0 Å². The van der Waals surface area contributed by atoms with E-state index in [0.717, 1.165) is 49.3 Å². The molecule has 41 heavy (non-hydrogen) atoms. The Morgan fingerprint density at radius 1 is 0.829 bits per heavy atom. The highest BCUT2D eigenvalue weighted by Gasteiger charge is 2.31. The van der Waals surface area contributed by atoms with Crippen molar-refractivity contribution in [3.05, 3.63) is 120 Å². The lowest BCUT2D eigenvalue weighted by Crippen LogP contribution is -2.37. The van der Waals surface area contributed by atoms with E-state index in [1.54, 1.807) is 37.3 Å². The van der Waals surface area contributed by atoms with Crippen molar-refractivity contribution in [2.45, 2.75) is 31.9 Å². The van der Waals surface area contributed by atoms with Gasteiger partial charge in [-0.25, -0.2) is 0 Å². The zero-order valence-electron chi connectivity index (χ0n) is 22.7. The number of ketones is 1. The van der Waals surface area contributed by atoms with Gasteiger partial charge in [0.1, 0.15) is 5.78 Å². The molecule has 1 saturated heterocycles. The highest BCUT2D eigenvalue weighted by atomic mass is 19.4. The molecular weight excluding hydrogens is 525 g/mol. The van der Waals surface area contributed by atoms with Crippen LogP contribution in [0.1, 0.15) is 47.2 Å². The second-order valence-corrected chi connectivity index (χ2v) is 10.4. The predicted molar refractivity (Wildman–Crippen MR) is 156 cm³/mol. The Hall–Kier alpha value is -4.39. The molecule has 0 aliphatic carbocycles. The average Bonchev–Trinajstić information content (AvgIpc) is 2.98. The molecule has 1 fully saturated rings. The quantitative estimate of drug-likeness (QED) is 0.250. The Morgan fingerprint density at radius 3 is 2.15 bits per heavy atom. The van der Waals surface area contributed by atoms with Crippen molar-refractivity contribution < 1.29 is 22.8 Å². The number of Topliss-reactive ketones (excluding diaryl/α,β-unsaturated/α-hetero) is 1. The third kappa shape index (κ3) is 6.51. The molecule has 1 N–H and O–H groups in total. The van der Waals surface area contributed by atoms with E-state index in [0.29, 0.717) is 22.7 Å². The maximum Gasteiger partial charge on any atom is 0.416 e. The van der Waals surface area contributed by atoms with Crippen LogP contribution in [0, 0.1) is 5.92 Å². The van der Waals surface area contributed by atoms with Gasteiger partial charge in [0.15, 0.2) is 0 Å². The van der Waals surface area contributed by atoms with E-state index in [9.17, 15) is 22.8 Å². The Labute approximate surface area is 237 Å². The number of anilines is 2. The molecule has 210 valence electrons. The van der Waals surface area contributed by atoms with E-state index in [2.05, 4.69) is 10.2 Å².